The molecule has 0 aliphatic carbocycles. The highest BCUT2D eigenvalue weighted by Crippen LogP contribution is 2.28. The third-order valence-corrected chi connectivity index (χ3v) is 4.52. The number of rotatable bonds is 8. The van der Waals surface area contributed by atoms with Gasteiger partial charge in [-0.1, -0.05) is 64.8 Å². The van der Waals surface area contributed by atoms with E-state index in [1.807, 2.05) is 54.6 Å². The molecule has 0 aliphatic heterocycles. The number of halogens is 2. The topological polar surface area (TPSA) is 40.0 Å². The van der Waals surface area contributed by atoms with Crippen molar-refractivity contribution < 1.29 is 14.3 Å². The first kappa shape index (κ1) is 20.1. The smallest absolute Gasteiger partial charge is 0.162 e. The molecule has 0 bridgehead atoms. The van der Waals surface area contributed by atoms with Gasteiger partial charge in [0.2, 0.25) is 0 Å². The maximum Gasteiger partial charge on any atom is 0.162 e. The fourth-order valence-corrected chi connectivity index (χ4v) is 2.93. The van der Waals surface area contributed by atoms with E-state index in [1.54, 1.807) is 25.5 Å². The van der Waals surface area contributed by atoms with E-state index in [0.717, 1.165) is 16.7 Å². The average molecular weight is 416 g/mol. The van der Waals surface area contributed by atoms with Crippen LogP contribution in [-0.4, -0.2) is 13.3 Å². The average Bonchev–Trinajstić information content (AvgIpc) is 2.72. The molecule has 0 fully saturated rings. The zero-order valence-corrected chi connectivity index (χ0v) is 16.8. The van der Waals surface area contributed by atoms with Crippen LogP contribution < -0.4 is 9.47 Å². The zero-order chi connectivity index (χ0) is 19.8. The molecule has 0 radical (unpaired) electrons. The summed E-state index contributed by atoms with van der Waals surface area (Å²) in [4.78, 5) is 5.34. The molecule has 0 aliphatic rings. The van der Waals surface area contributed by atoms with E-state index in [-0.39, 0.29) is 6.61 Å². The van der Waals surface area contributed by atoms with Gasteiger partial charge >= 0.3 is 0 Å². The molecule has 0 saturated heterocycles. The standard InChI is InChI=1S/C22H19Cl2NO3/c1-26-21-10-7-17(11-22(21)27-14-16-5-3-2-4-6-16)13-25-28-15-18-8-9-19(23)12-20(18)24/h2-13H,14-15H2,1H3. The first-order chi connectivity index (χ1) is 13.7. The van der Waals surface area contributed by atoms with E-state index in [0.29, 0.717) is 28.2 Å². The number of benzene rings is 3. The summed E-state index contributed by atoms with van der Waals surface area (Å²) in [5.41, 5.74) is 2.71. The summed E-state index contributed by atoms with van der Waals surface area (Å²) in [5, 5.41) is 5.13. The van der Waals surface area contributed by atoms with E-state index in [9.17, 15) is 0 Å². The Balaban J connectivity index is 1.62. The zero-order valence-electron chi connectivity index (χ0n) is 15.3. The number of oxime groups is 1. The van der Waals surface area contributed by atoms with Gasteiger partial charge in [0.05, 0.1) is 13.3 Å². The molecule has 3 aromatic rings. The molecular formula is C22H19Cl2NO3. The predicted molar refractivity (Wildman–Crippen MR) is 113 cm³/mol. The van der Waals surface area contributed by atoms with Crippen LogP contribution in [-0.2, 0) is 18.1 Å². The van der Waals surface area contributed by atoms with Crippen molar-refractivity contribution in [3.8, 4) is 11.5 Å². The fraction of sp³-hybridized carbons (Fsp3) is 0.136. The summed E-state index contributed by atoms with van der Waals surface area (Å²) in [5.74, 6) is 1.29. The third kappa shape index (κ3) is 5.65. The first-order valence-electron chi connectivity index (χ1n) is 8.60. The Morgan fingerprint density at radius 1 is 0.893 bits per heavy atom. The van der Waals surface area contributed by atoms with Gasteiger partial charge in [-0.2, -0.15) is 0 Å². The minimum Gasteiger partial charge on any atom is -0.493 e. The van der Waals surface area contributed by atoms with Crippen molar-refractivity contribution in [2.45, 2.75) is 13.2 Å². The Bertz CT molecular complexity index is 946. The lowest BCUT2D eigenvalue weighted by atomic mass is 10.2. The van der Waals surface area contributed by atoms with E-state index < -0.39 is 0 Å². The Kier molecular flexibility index (Phi) is 7.18. The van der Waals surface area contributed by atoms with Gasteiger partial charge in [-0.3, -0.25) is 0 Å². The van der Waals surface area contributed by atoms with Crippen molar-refractivity contribution in [3.05, 3.63) is 93.5 Å². The summed E-state index contributed by atoms with van der Waals surface area (Å²) in [6.45, 7) is 0.698. The minimum atomic E-state index is 0.250. The second kappa shape index (κ2) is 10.0. The van der Waals surface area contributed by atoms with Crippen molar-refractivity contribution in [2.24, 2.45) is 5.16 Å². The van der Waals surface area contributed by atoms with Crippen molar-refractivity contribution in [2.75, 3.05) is 7.11 Å². The highest BCUT2D eigenvalue weighted by Gasteiger charge is 2.06. The number of hydrogen-bond donors (Lipinski definition) is 0. The second-order valence-electron chi connectivity index (χ2n) is 5.93. The van der Waals surface area contributed by atoms with Crippen molar-refractivity contribution in [1.29, 1.82) is 0 Å². The molecule has 4 nitrogen and oxygen atoms in total. The highest BCUT2D eigenvalue weighted by atomic mass is 35.5. The van der Waals surface area contributed by atoms with Gasteiger partial charge in [-0.15, -0.1) is 0 Å². The Labute approximate surface area is 174 Å². The molecule has 3 aromatic carbocycles. The Morgan fingerprint density at radius 2 is 1.71 bits per heavy atom. The molecule has 3 rings (SSSR count). The molecule has 0 amide bonds. The molecule has 0 N–H and O–H groups in total. The molecule has 144 valence electrons. The lowest BCUT2D eigenvalue weighted by Crippen LogP contribution is -1.98. The van der Waals surface area contributed by atoms with E-state index in [4.69, 9.17) is 37.5 Å². The van der Waals surface area contributed by atoms with Crippen molar-refractivity contribution in [3.63, 3.8) is 0 Å². The molecule has 6 heteroatoms. The van der Waals surface area contributed by atoms with Gasteiger partial charge in [-0.25, -0.2) is 0 Å². The Morgan fingerprint density at radius 3 is 2.46 bits per heavy atom. The highest BCUT2D eigenvalue weighted by molar-refractivity contribution is 6.35. The molecule has 0 atom stereocenters. The van der Waals surface area contributed by atoms with Gasteiger partial charge in [0, 0.05) is 21.2 Å². The number of nitrogens with zero attached hydrogens (tertiary/aromatic N) is 1. The third-order valence-electron chi connectivity index (χ3n) is 3.94. The van der Waals surface area contributed by atoms with Crippen LogP contribution in [0.15, 0.2) is 71.9 Å². The number of ether oxygens (including phenoxy) is 2. The molecule has 0 aromatic heterocycles. The van der Waals surface area contributed by atoms with Crippen LogP contribution in [0, 0.1) is 0 Å². The SMILES string of the molecule is COc1ccc(C=NOCc2ccc(Cl)cc2Cl)cc1OCc1ccccc1. The lowest BCUT2D eigenvalue weighted by Gasteiger charge is -2.11. The predicted octanol–water partition coefficient (Wildman–Crippen LogP) is 6.13. The summed E-state index contributed by atoms with van der Waals surface area (Å²) < 4.78 is 11.3. The van der Waals surface area contributed by atoms with E-state index >= 15 is 0 Å². The maximum atomic E-state index is 6.12. The van der Waals surface area contributed by atoms with Crippen LogP contribution in [0.25, 0.3) is 0 Å². The van der Waals surface area contributed by atoms with Crippen molar-refractivity contribution in [1.82, 2.24) is 0 Å². The monoisotopic (exact) mass is 415 g/mol. The van der Waals surface area contributed by atoms with E-state index in [2.05, 4.69) is 5.16 Å². The molecule has 28 heavy (non-hydrogen) atoms. The Hall–Kier alpha value is -2.69. The quantitative estimate of drug-likeness (QED) is 0.328. The first-order valence-corrected chi connectivity index (χ1v) is 9.35. The number of hydrogen-bond acceptors (Lipinski definition) is 4. The largest absolute Gasteiger partial charge is 0.493 e. The fourth-order valence-electron chi connectivity index (χ4n) is 2.47. The molecule has 0 unspecified atom stereocenters. The normalized spacial score (nSPS) is 10.8. The summed E-state index contributed by atoms with van der Waals surface area (Å²) in [6, 6.07) is 20.7. The second-order valence-corrected chi connectivity index (χ2v) is 6.77. The van der Waals surface area contributed by atoms with Crippen LogP contribution in [0.2, 0.25) is 10.0 Å². The van der Waals surface area contributed by atoms with Gasteiger partial charge in [0.25, 0.3) is 0 Å². The molecule has 0 spiro atoms. The summed E-state index contributed by atoms with van der Waals surface area (Å²) in [6.07, 6.45) is 1.61. The van der Waals surface area contributed by atoms with Crippen LogP contribution in [0.5, 0.6) is 11.5 Å². The van der Waals surface area contributed by atoms with Crippen LogP contribution in [0.3, 0.4) is 0 Å². The summed E-state index contributed by atoms with van der Waals surface area (Å²) in [7, 11) is 1.61. The molecular weight excluding hydrogens is 397 g/mol. The molecule has 0 saturated carbocycles. The lowest BCUT2D eigenvalue weighted by molar-refractivity contribution is 0.132. The van der Waals surface area contributed by atoms with Crippen LogP contribution in [0.4, 0.5) is 0 Å². The van der Waals surface area contributed by atoms with E-state index in [1.165, 1.54) is 0 Å². The molecule has 0 heterocycles. The van der Waals surface area contributed by atoms with Gasteiger partial charge in [0.15, 0.2) is 11.5 Å². The van der Waals surface area contributed by atoms with Gasteiger partial charge in [-0.05, 0) is 35.9 Å². The maximum absolute atomic E-state index is 6.12. The van der Waals surface area contributed by atoms with Crippen LogP contribution >= 0.6 is 23.2 Å². The summed E-state index contributed by atoms with van der Waals surface area (Å²) >= 11 is 12.0. The van der Waals surface area contributed by atoms with Gasteiger partial charge in [0.1, 0.15) is 13.2 Å². The van der Waals surface area contributed by atoms with Crippen molar-refractivity contribution >= 4 is 29.4 Å². The number of methoxy groups -OCH3 is 1. The van der Waals surface area contributed by atoms with Gasteiger partial charge < -0.3 is 14.3 Å². The minimum absolute atomic E-state index is 0.250. The van der Waals surface area contributed by atoms with Crippen LogP contribution in [0.1, 0.15) is 16.7 Å².